The predicted molar refractivity (Wildman–Crippen MR) is 81.8 cm³/mol. The first kappa shape index (κ1) is 14.1. The molecule has 1 aromatic rings. The molecule has 2 fully saturated rings. The van der Waals surface area contributed by atoms with E-state index in [1.165, 1.54) is 31.2 Å². The summed E-state index contributed by atoms with van der Waals surface area (Å²) in [6.07, 6.45) is 5.52. The molecule has 1 heterocycles. The Hall–Kier alpha value is -0.900. The van der Waals surface area contributed by atoms with Crippen LogP contribution in [0.4, 0.5) is 0 Å². The van der Waals surface area contributed by atoms with E-state index in [1.807, 2.05) is 0 Å². The van der Waals surface area contributed by atoms with E-state index >= 15 is 0 Å². The molecular weight excluding hydrogens is 248 g/mol. The van der Waals surface area contributed by atoms with Crippen LogP contribution in [-0.4, -0.2) is 43.3 Å². The number of nitrogens with two attached hydrogens (primary N) is 1. The molecule has 20 heavy (non-hydrogen) atoms. The molecule has 0 spiro atoms. The zero-order chi connectivity index (χ0) is 13.8. The second-order valence-corrected chi connectivity index (χ2v) is 6.14. The molecule has 3 rings (SSSR count). The molecule has 2 aliphatic rings. The van der Waals surface area contributed by atoms with Crippen LogP contribution in [0.25, 0.3) is 0 Å². The van der Waals surface area contributed by atoms with Crippen LogP contribution in [0.1, 0.15) is 37.2 Å². The smallest absolute Gasteiger partial charge is 0.0824 e. The van der Waals surface area contributed by atoms with Crippen LogP contribution in [0.5, 0.6) is 0 Å². The second-order valence-electron chi connectivity index (χ2n) is 6.14. The highest BCUT2D eigenvalue weighted by atomic mass is 16.5. The van der Waals surface area contributed by atoms with E-state index in [0.717, 1.165) is 31.7 Å². The first-order valence-electron chi connectivity index (χ1n) is 7.97. The Morgan fingerprint density at radius 3 is 2.55 bits per heavy atom. The van der Waals surface area contributed by atoms with Gasteiger partial charge >= 0.3 is 0 Å². The predicted octanol–water partition coefficient (Wildman–Crippen LogP) is 2.37. The third-order valence-corrected chi connectivity index (χ3v) is 4.92. The molecule has 0 bridgehead atoms. The van der Waals surface area contributed by atoms with Gasteiger partial charge in [0.25, 0.3) is 0 Å². The molecule has 3 nitrogen and oxygen atoms in total. The normalized spacial score (nSPS) is 32.1. The molecule has 110 valence electrons. The summed E-state index contributed by atoms with van der Waals surface area (Å²) in [5, 5.41) is 0. The van der Waals surface area contributed by atoms with Gasteiger partial charge in [-0.2, -0.15) is 0 Å². The molecule has 1 saturated heterocycles. The fraction of sp³-hybridized carbons (Fsp3) is 0.647. The van der Waals surface area contributed by atoms with Gasteiger partial charge in [-0.3, -0.25) is 4.90 Å². The minimum absolute atomic E-state index is 0.246. The molecule has 1 unspecified atom stereocenters. The van der Waals surface area contributed by atoms with Crippen LogP contribution < -0.4 is 5.73 Å². The van der Waals surface area contributed by atoms with Crippen molar-refractivity contribution < 1.29 is 4.74 Å². The van der Waals surface area contributed by atoms with Crippen LogP contribution in [0.3, 0.4) is 0 Å². The van der Waals surface area contributed by atoms with E-state index in [1.54, 1.807) is 0 Å². The molecule has 1 saturated carbocycles. The van der Waals surface area contributed by atoms with Crippen LogP contribution in [0.15, 0.2) is 30.3 Å². The number of hydrogen-bond donors (Lipinski definition) is 1. The Kier molecular flexibility index (Phi) is 4.71. The number of hydrogen-bond acceptors (Lipinski definition) is 3. The van der Waals surface area contributed by atoms with Gasteiger partial charge in [-0.15, -0.1) is 0 Å². The largest absolute Gasteiger partial charge is 0.374 e. The van der Waals surface area contributed by atoms with Crippen molar-refractivity contribution in [2.75, 3.05) is 26.2 Å². The molecule has 1 aromatic carbocycles. The lowest BCUT2D eigenvalue weighted by Crippen LogP contribution is -2.50. The fourth-order valence-corrected chi connectivity index (χ4v) is 3.72. The lowest BCUT2D eigenvalue weighted by molar-refractivity contribution is -0.0441. The molecule has 0 aromatic heterocycles. The summed E-state index contributed by atoms with van der Waals surface area (Å²) in [5.41, 5.74) is 7.26. The summed E-state index contributed by atoms with van der Waals surface area (Å²) in [4.78, 5) is 2.61. The quantitative estimate of drug-likeness (QED) is 0.919. The number of ether oxygens (including phenoxy) is 1. The summed E-state index contributed by atoms with van der Waals surface area (Å²) in [5.74, 6) is 0.763. The van der Waals surface area contributed by atoms with E-state index in [9.17, 15) is 0 Å². The van der Waals surface area contributed by atoms with Gasteiger partial charge in [0.1, 0.15) is 0 Å². The highest BCUT2D eigenvalue weighted by Gasteiger charge is 2.29. The van der Waals surface area contributed by atoms with Crippen LogP contribution in [0.2, 0.25) is 0 Å². The van der Waals surface area contributed by atoms with Crippen molar-refractivity contribution in [1.29, 1.82) is 0 Å². The maximum Gasteiger partial charge on any atom is 0.0824 e. The van der Waals surface area contributed by atoms with Gasteiger partial charge in [-0.25, -0.2) is 0 Å². The van der Waals surface area contributed by atoms with Crippen molar-refractivity contribution in [2.45, 2.75) is 43.7 Å². The Morgan fingerprint density at radius 2 is 1.85 bits per heavy atom. The molecule has 1 atom stereocenters. The first-order valence-corrected chi connectivity index (χ1v) is 7.97. The summed E-state index contributed by atoms with van der Waals surface area (Å²) < 4.78 is 5.67. The Labute approximate surface area is 122 Å². The number of rotatable bonds is 3. The Morgan fingerprint density at radius 1 is 1.10 bits per heavy atom. The molecule has 0 radical (unpaired) electrons. The highest BCUT2D eigenvalue weighted by Crippen LogP contribution is 2.35. The third-order valence-electron chi connectivity index (χ3n) is 4.92. The topological polar surface area (TPSA) is 38.5 Å². The molecule has 1 aliphatic carbocycles. The monoisotopic (exact) mass is 274 g/mol. The summed E-state index contributed by atoms with van der Waals surface area (Å²) in [7, 11) is 0. The Bertz CT molecular complexity index is 401. The minimum atomic E-state index is 0.246. The van der Waals surface area contributed by atoms with Gasteiger partial charge in [0, 0.05) is 25.7 Å². The van der Waals surface area contributed by atoms with E-state index in [2.05, 4.69) is 35.2 Å². The number of nitrogens with zero attached hydrogens (tertiary/aromatic N) is 1. The van der Waals surface area contributed by atoms with Crippen LogP contribution >= 0.6 is 0 Å². The number of benzene rings is 1. The van der Waals surface area contributed by atoms with Gasteiger partial charge in [-0.05, 0) is 37.2 Å². The molecular formula is C17H26N2O. The van der Waals surface area contributed by atoms with Crippen LogP contribution in [-0.2, 0) is 4.74 Å². The third kappa shape index (κ3) is 3.22. The maximum atomic E-state index is 5.74. The molecule has 1 aliphatic heterocycles. The molecule has 3 heteroatoms. The standard InChI is InChI=1S/C17H26N2O/c18-12-17-13-19(10-11-20-17)16-8-6-15(7-9-16)14-4-2-1-3-5-14/h1-5,15-17H,6-13,18H2. The Balaban J connectivity index is 1.53. The van der Waals surface area contributed by atoms with Crippen molar-refractivity contribution in [3.8, 4) is 0 Å². The van der Waals surface area contributed by atoms with E-state index in [-0.39, 0.29) is 6.10 Å². The molecule has 0 amide bonds. The van der Waals surface area contributed by atoms with Gasteiger partial charge < -0.3 is 10.5 Å². The van der Waals surface area contributed by atoms with E-state index < -0.39 is 0 Å². The van der Waals surface area contributed by atoms with Gasteiger partial charge in [-0.1, -0.05) is 30.3 Å². The summed E-state index contributed by atoms with van der Waals surface area (Å²) >= 11 is 0. The average molecular weight is 274 g/mol. The van der Waals surface area contributed by atoms with Crippen molar-refractivity contribution >= 4 is 0 Å². The van der Waals surface area contributed by atoms with Crippen molar-refractivity contribution in [3.63, 3.8) is 0 Å². The zero-order valence-electron chi connectivity index (χ0n) is 12.2. The van der Waals surface area contributed by atoms with Gasteiger partial charge in [0.2, 0.25) is 0 Å². The zero-order valence-corrected chi connectivity index (χ0v) is 12.2. The SMILES string of the molecule is NCC1CN(C2CCC(c3ccccc3)CC2)CCO1. The average Bonchev–Trinajstić information content (AvgIpc) is 2.56. The summed E-state index contributed by atoms with van der Waals surface area (Å²) in [6.45, 7) is 3.60. The molecule has 2 N–H and O–H groups in total. The van der Waals surface area contributed by atoms with Crippen molar-refractivity contribution in [1.82, 2.24) is 4.90 Å². The van der Waals surface area contributed by atoms with Crippen molar-refractivity contribution in [2.24, 2.45) is 5.73 Å². The van der Waals surface area contributed by atoms with Crippen LogP contribution in [0, 0.1) is 0 Å². The first-order chi connectivity index (χ1) is 9.86. The van der Waals surface area contributed by atoms with E-state index in [4.69, 9.17) is 10.5 Å². The number of morpholine rings is 1. The van der Waals surface area contributed by atoms with E-state index in [0.29, 0.717) is 6.54 Å². The van der Waals surface area contributed by atoms with Gasteiger partial charge in [0.15, 0.2) is 0 Å². The van der Waals surface area contributed by atoms with Gasteiger partial charge in [0.05, 0.1) is 12.7 Å². The highest BCUT2D eigenvalue weighted by molar-refractivity contribution is 5.20. The second kappa shape index (κ2) is 6.70. The lowest BCUT2D eigenvalue weighted by atomic mass is 9.81. The maximum absolute atomic E-state index is 5.74. The van der Waals surface area contributed by atoms with Crippen molar-refractivity contribution in [3.05, 3.63) is 35.9 Å². The fourth-order valence-electron chi connectivity index (χ4n) is 3.72. The lowest BCUT2D eigenvalue weighted by Gasteiger charge is -2.41. The summed E-state index contributed by atoms with van der Waals surface area (Å²) in [6, 6.07) is 11.7. The minimum Gasteiger partial charge on any atom is -0.374 e.